The van der Waals surface area contributed by atoms with Gasteiger partial charge in [0.1, 0.15) is 0 Å². The first-order valence-electron chi connectivity index (χ1n) is 6.87. The average molecular weight is 273 g/mol. The van der Waals surface area contributed by atoms with E-state index < -0.39 is 11.7 Å². The average Bonchev–Trinajstić information content (AvgIpc) is 2.36. The maximum atomic E-state index is 12.8. The predicted octanol–water partition coefficient (Wildman–Crippen LogP) is 4.76. The van der Waals surface area contributed by atoms with Crippen molar-refractivity contribution in [2.45, 2.75) is 58.3 Å². The second kappa shape index (κ2) is 7.53. The first-order valence-corrected chi connectivity index (χ1v) is 6.87. The van der Waals surface area contributed by atoms with E-state index in [1.54, 1.807) is 12.1 Å². The number of halogens is 3. The van der Waals surface area contributed by atoms with Crippen LogP contribution in [0.4, 0.5) is 13.2 Å². The number of benzene rings is 1. The van der Waals surface area contributed by atoms with Crippen LogP contribution < -0.4 is 5.32 Å². The molecule has 0 aromatic heterocycles. The summed E-state index contributed by atoms with van der Waals surface area (Å²) in [5.74, 6) is 0. The lowest BCUT2D eigenvalue weighted by Gasteiger charge is -2.19. The van der Waals surface area contributed by atoms with Crippen LogP contribution in [0.3, 0.4) is 0 Å². The zero-order chi connectivity index (χ0) is 14.3. The summed E-state index contributed by atoms with van der Waals surface area (Å²) in [7, 11) is 0. The Hall–Kier alpha value is -1.03. The number of nitrogens with one attached hydrogen (secondary N) is 1. The summed E-state index contributed by atoms with van der Waals surface area (Å²) in [5.41, 5.74) is -0.207. The Morgan fingerprint density at radius 1 is 1.05 bits per heavy atom. The van der Waals surface area contributed by atoms with Crippen molar-refractivity contribution in [2.75, 3.05) is 0 Å². The summed E-state index contributed by atoms with van der Waals surface area (Å²) in [6, 6.07) is 6.08. The van der Waals surface area contributed by atoms with Crippen molar-refractivity contribution in [1.29, 1.82) is 0 Å². The van der Waals surface area contributed by atoms with E-state index in [2.05, 4.69) is 19.2 Å². The Morgan fingerprint density at radius 3 is 2.16 bits per heavy atom. The SMILES string of the molecule is CCCC(CCC)NCc1ccccc1C(F)(F)F. The Kier molecular flexibility index (Phi) is 6.35. The summed E-state index contributed by atoms with van der Waals surface area (Å²) in [5, 5.41) is 3.25. The molecule has 1 rings (SSSR count). The van der Waals surface area contributed by atoms with Crippen molar-refractivity contribution in [2.24, 2.45) is 0 Å². The molecule has 0 saturated heterocycles. The maximum Gasteiger partial charge on any atom is 0.416 e. The fraction of sp³-hybridized carbons (Fsp3) is 0.600. The molecule has 4 heteroatoms. The van der Waals surface area contributed by atoms with Crippen molar-refractivity contribution in [1.82, 2.24) is 5.32 Å². The molecule has 0 aliphatic rings. The van der Waals surface area contributed by atoms with E-state index in [0.29, 0.717) is 11.6 Å². The van der Waals surface area contributed by atoms with E-state index in [0.717, 1.165) is 31.7 Å². The topological polar surface area (TPSA) is 12.0 Å². The lowest BCUT2D eigenvalue weighted by atomic mass is 10.0. The summed E-state index contributed by atoms with van der Waals surface area (Å²) < 4.78 is 38.5. The van der Waals surface area contributed by atoms with Gasteiger partial charge in [-0.05, 0) is 24.5 Å². The van der Waals surface area contributed by atoms with Gasteiger partial charge in [-0.1, -0.05) is 44.9 Å². The van der Waals surface area contributed by atoms with Crippen molar-refractivity contribution in [3.8, 4) is 0 Å². The zero-order valence-electron chi connectivity index (χ0n) is 11.6. The molecular weight excluding hydrogens is 251 g/mol. The maximum absolute atomic E-state index is 12.8. The third-order valence-electron chi connectivity index (χ3n) is 3.18. The van der Waals surface area contributed by atoms with Gasteiger partial charge in [0.05, 0.1) is 5.56 Å². The van der Waals surface area contributed by atoms with Crippen LogP contribution in [0.5, 0.6) is 0 Å². The quantitative estimate of drug-likeness (QED) is 0.755. The van der Waals surface area contributed by atoms with E-state index in [4.69, 9.17) is 0 Å². The van der Waals surface area contributed by atoms with E-state index in [-0.39, 0.29) is 6.54 Å². The summed E-state index contributed by atoms with van der Waals surface area (Å²) >= 11 is 0. The van der Waals surface area contributed by atoms with Gasteiger partial charge < -0.3 is 5.32 Å². The smallest absolute Gasteiger partial charge is 0.310 e. The van der Waals surface area contributed by atoms with Crippen LogP contribution in [-0.4, -0.2) is 6.04 Å². The molecule has 108 valence electrons. The molecular formula is C15H22F3N. The Bertz CT molecular complexity index is 368. The van der Waals surface area contributed by atoms with E-state index >= 15 is 0 Å². The Labute approximate surface area is 113 Å². The molecule has 1 N–H and O–H groups in total. The number of hydrogen-bond donors (Lipinski definition) is 1. The molecule has 0 spiro atoms. The van der Waals surface area contributed by atoms with Crippen LogP contribution in [0.2, 0.25) is 0 Å². The van der Waals surface area contributed by atoms with Crippen LogP contribution >= 0.6 is 0 Å². The predicted molar refractivity (Wildman–Crippen MR) is 71.9 cm³/mol. The minimum atomic E-state index is -4.27. The molecule has 0 heterocycles. The van der Waals surface area contributed by atoms with Gasteiger partial charge >= 0.3 is 6.18 Å². The second-order valence-electron chi connectivity index (χ2n) is 4.81. The lowest BCUT2D eigenvalue weighted by molar-refractivity contribution is -0.138. The molecule has 0 fully saturated rings. The minimum Gasteiger partial charge on any atom is -0.310 e. The molecule has 0 saturated carbocycles. The van der Waals surface area contributed by atoms with Gasteiger partial charge in [-0.25, -0.2) is 0 Å². The molecule has 1 aromatic rings. The summed E-state index contributed by atoms with van der Waals surface area (Å²) in [4.78, 5) is 0. The third-order valence-corrected chi connectivity index (χ3v) is 3.18. The highest BCUT2D eigenvalue weighted by molar-refractivity contribution is 5.29. The lowest BCUT2D eigenvalue weighted by Crippen LogP contribution is -2.29. The normalized spacial score (nSPS) is 12.1. The molecule has 0 amide bonds. The fourth-order valence-electron chi connectivity index (χ4n) is 2.25. The van der Waals surface area contributed by atoms with Crippen molar-refractivity contribution in [3.05, 3.63) is 35.4 Å². The van der Waals surface area contributed by atoms with Gasteiger partial charge in [0.25, 0.3) is 0 Å². The number of alkyl halides is 3. The van der Waals surface area contributed by atoms with Gasteiger partial charge in [-0.3, -0.25) is 0 Å². The van der Waals surface area contributed by atoms with Crippen LogP contribution in [0, 0.1) is 0 Å². The molecule has 1 nitrogen and oxygen atoms in total. The van der Waals surface area contributed by atoms with Gasteiger partial charge in [0.15, 0.2) is 0 Å². The Balaban J connectivity index is 2.71. The number of rotatable bonds is 7. The van der Waals surface area contributed by atoms with Gasteiger partial charge in [0.2, 0.25) is 0 Å². The highest BCUT2D eigenvalue weighted by Crippen LogP contribution is 2.31. The molecule has 19 heavy (non-hydrogen) atoms. The number of hydrogen-bond acceptors (Lipinski definition) is 1. The van der Waals surface area contributed by atoms with E-state index in [1.165, 1.54) is 6.07 Å². The third kappa shape index (κ3) is 5.23. The van der Waals surface area contributed by atoms with Crippen LogP contribution in [0.25, 0.3) is 0 Å². The minimum absolute atomic E-state index is 0.278. The monoisotopic (exact) mass is 273 g/mol. The van der Waals surface area contributed by atoms with E-state index in [1.807, 2.05) is 0 Å². The molecule has 1 aromatic carbocycles. The molecule has 0 aliphatic heterocycles. The molecule has 0 unspecified atom stereocenters. The van der Waals surface area contributed by atoms with Crippen molar-refractivity contribution < 1.29 is 13.2 Å². The van der Waals surface area contributed by atoms with Crippen molar-refractivity contribution in [3.63, 3.8) is 0 Å². The highest BCUT2D eigenvalue weighted by atomic mass is 19.4. The van der Waals surface area contributed by atoms with Gasteiger partial charge in [-0.15, -0.1) is 0 Å². The first kappa shape index (κ1) is 16.0. The van der Waals surface area contributed by atoms with Crippen LogP contribution in [0.15, 0.2) is 24.3 Å². The molecule has 0 radical (unpaired) electrons. The molecule has 0 atom stereocenters. The second-order valence-corrected chi connectivity index (χ2v) is 4.81. The summed E-state index contributed by atoms with van der Waals surface area (Å²) in [6.45, 7) is 4.46. The summed E-state index contributed by atoms with van der Waals surface area (Å²) in [6.07, 6.45) is -0.190. The van der Waals surface area contributed by atoms with Gasteiger partial charge in [0, 0.05) is 12.6 Å². The molecule has 0 aliphatic carbocycles. The largest absolute Gasteiger partial charge is 0.416 e. The fourth-order valence-corrected chi connectivity index (χ4v) is 2.25. The van der Waals surface area contributed by atoms with E-state index in [9.17, 15) is 13.2 Å². The first-order chi connectivity index (χ1) is 8.99. The van der Waals surface area contributed by atoms with Crippen molar-refractivity contribution >= 4 is 0 Å². The van der Waals surface area contributed by atoms with Crippen LogP contribution in [0.1, 0.15) is 50.7 Å². The highest BCUT2D eigenvalue weighted by Gasteiger charge is 2.32. The van der Waals surface area contributed by atoms with Crippen LogP contribution in [-0.2, 0) is 12.7 Å². The molecule has 0 bridgehead atoms. The zero-order valence-corrected chi connectivity index (χ0v) is 11.6. The van der Waals surface area contributed by atoms with Gasteiger partial charge in [-0.2, -0.15) is 13.2 Å². The Morgan fingerprint density at radius 2 is 1.63 bits per heavy atom. The standard InChI is InChI=1S/C15H22F3N/c1-3-7-13(8-4-2)19-11-12-9-5-6-10-14(12)15(16,17)18/h5-6,9-10,13,19H,3-4,7-8,11H2,1-2H3.